The number of rotatable bonds is 20. The molecule has 3 saturated heterocycles. The number of amides is 5. The van der Waals surface area contributed by atoms with Crippen LogP contribution in [0.2, 0.25) is 0 Å². The Morgan fingerprint density at radius 2 is 1.45 bits per heavy atom. The fourth-order valence-corrected chi connectivity index (χ4v) is 10.8. The SMILES string of the molecule is CCCCCCN(C)C(=O)OCn1ncc2cc(CC(NC(=O)N3CCC(c4cc5ccccc5[nH]c4=O)CC3)C(=O)N3CCN(C4CC[N+](C)(COC(=O)N(C)CCCCCC)CC4)CC3)cc(C)c21. The topological polar surface area (TPSA) is 166 Å². The highest BCUT2D eigenvalue weighted by Gasteiger charge is 2.37. The minimum absolute atomic E-state index is 0.0167. The van der Waals surface area contributed by atoms with Gasteiger partial charge in [0, 0.05) is 108 Å². The first-order chi connectivity index (χ1) is 34.2. The normalized spacial score (nSPS) is 19.4. The monoisotopic (exact) mass is 982 g/mol. The number of hydrogen-bond donors (Lipinski definition) is 2. The van der Waals surface area contributed by atoms with Gasteiger partial charge < -0.3 is 39.4 Å². The maximum absolute atomic E-state index is 14.7. The molecule has 17 heteroatoms. The predicted octanol–water partition coefficient (Wildman–Crippen LogP) is 7.65. The van der Waals surface area contributed by atoms with Crippen molar-refractivity contribution in [3.8, 4) is 0 Å². The standard InChI is InChI=1S/C54H80N10O7/c1-7-9-11-15-23-58(4)53(68)70-38-63-49-40(3)33-41(34-44(49)37-55-63)35-48(57-52(67)62-25-19-42(20-26-62)46-36-43-17-13-14-18-47(43)56-50(46)65)51(66)61-29-27-60(28-30-61)45-21-31-64(6,32-22-45)39-71-54(69)59(5)24-16-12-10-8-2/h13-14,17-18,33-34,36-37,42,45,48H,7-12,15-16,19-32,35,38-39H2,1-6H3,(H-,56,57,65,67)/p+1. The van der Waals surface area contributed by atoms with Crippen LogP contribution < -0.4 is 10.9 Å². The van der Waals surface area contributed by atoms with Crippen molar-refractivity contribution in [3.63, 3.8) is 0 Å². The maximum Gasteiger partial charge on any atom is 0.413 e. The van der Waals surface area contributed by atoms with Gasteiger partial charge in [0.25, 0.3) is 5.56 Å². The molecule has 0 spiro atoms. The Kier molecular flexibility index (Phi) is 18.8. The van der Waals surface area contributed by atoms with Crippen LogP contribution in [0.1, 0.15) is 114 Å². The molecule has 388 valence electrons. The summed E-state index contributed by atoms with van der Waals surface area (Å²) >= 11 is 0. The summed E-state index contributed by atoms with van der Waals surface area (Å²) in [6, 6.07) is 13.1. The zero-order valence-electron chi connectivity index (χ0n) is 43.5. The number of piperidine rings is 2. The second-order valence-electron chi connectivity index (χ2n) is 20.8. The molecular weight excluding hydrogens is 901 g/mol. The molecule has 3 fully saturated rings. The first-order valence-corrected chi connectivity index (χ1v) is 26.5. The van der Waals surface area contributed by atoms with Gasteiger partial charge >= 0.3 is 18.2 Å². The van der Waals surface area contributed by atoms with Crippen LogP contribution in [-0.2, 0) is 27.4 Å². The van der Waals surface area contributed by atoms with Gasteiger partial charge in [-0.25, -0.2) is 19.1 Å². The lowest BCUT2D eigenvalue weighted by molar-refractivity contribution is -0.930. The highest BCUT2D eigenvalue weighted by atomic mass is 16.6. The number of benzene rings is 2. The molecule has 17 nitrogen and oxygen atoms in total. The number of aryl methyl sites for hydroxylation is 1. The third kappa shape index (κ3) is 14.1. The molecule has 2 aromatic heterocycles. The van der Waals surface area contributed by atoms with Crippen molar-refractivity contribution >= 4 is 45.9 Å². The van der Waals surface area contributed by atoms with E-state index in [4.69, 9.17) is 9.47 Å². The Morgan fingerprint density at radius 1 is 0.803 bits per heavy atom. The number of pyridine rings is 1. The molecule has 1 atom stereocenters. The molecule has 2 N–H and O–H groups in total. The summed E-state index contributed by atoms with van der Waals surface area (Å²) in [6.45, 7) is 13.3. The van der Waals surface area contributed by atoms with Gasteiger partial charge in [-0.05, 0) is 73.2 Å². The van der Waals surface area contributed by atoms with E-state index in [1.165, 1.54) is 6.42 Å². The maximum atomic E-state index is 14.7. The number of urea groups is 1. The summed E-state index contributed by atoms with van der Waals surface area (Å²) in [7, 11) is 5.74. The highest BCUT2D eigenvalue weighted by molar-refractivity contribution is 5.88. The van der Waals surface area contributed by atoms with Crippen LogP contribution in [0, 0.1) is 6.92 Å². The third-order valence-corrected chi connectivity index (χ3v) is 15.3. The average Bonchev–Trinajstić information content (AvgIpc) is 3.80. The van der Waals surface area contributed by atoms with Gasteiger partial charge in [-0.3, -0.25) is 19.0 Å². The number of nitrogens with one attached hydrogen (secondary N) is 2. The summed E-state index contributed by atoms with van der Waals surface area (Å²) in [5, 5.41) is 9.58. The van der Waals surface area contributed by atoms with Crippen LogP contribution in [-0.4, -0.2) is 173 Å². The van der Waals surface area contributed by atoms with Crippen molar-refractivity contribution in [2.24, 2.45) is 0 Å². The quantitative estimate of drug-likeness (QED) is 0.0669. The number of H-pyrrole nitrogens is 1. The Hall–Kier alpha value is -5.68. The smallest absolute Gasteiger partial charge is 0.413 e. The lowest BCUT2D eigenvalue weighted by Gasteiger charge is -2.45. The van der Waals surface area contributed by atoms with Crippen molar-refractivity contribution in [3.05, 3.63) is 75.7 Å². The van der Waals surface area contributed by atoms with Crippen molar-refractivity contribution in [2.45, 2.75) is 129 Å². The summed E-state index contributed by atoms with van der Waals surface area (Å²) in [4.78, 5) is 80.1. The molecule has 0 radical (unpaired) electrons. The fraction of sp³-hybridized carbons (Fsp3) is 0.630. The van der Waals surface area contributed by atoms with E-state index in [1.54, 1.807) is 32.6 Å². The number of nitrogens with zero attached hydrogens (tertiary/aromatic N) is 8. The van der Waals surface area contributed by atoms with E-state index in [2.05, 4.69) is 41.2 Å². The highest BCUT2D eigenvalue weighted by Crippen LogP contribution is 2.29. The molecule has 71 heavy (non-hydrogen) atoms. The zero-order chi connectivity index (χ0) is 50.5. The second-order valence-corrected chi connectivity index (χ2v) is 20.8. The number of para-hydroxylation sites is 1. The van der Waals surface area contributed by atoms with Gasteiger partial charge in [0.05, 0.1) is 31.9 Å². The molecule has 0 saturated carbocycles. The fourth-order valence-electron chi connectivity index (χ4n) is 10.8. The third-order valence-electron chi connectivity index (χ3n) is 15.3. The van der Waals surface area contributed by atoms with Crippen LogP contribution in [0.3, 0.4) is 0 Å². The van der Waals surface area contributed by atoms with E-state index in [0.717, 1.165) is 122 Å². The van der Waals surface area contributed by atoms with Crippen LogP contribution in [0.15, 0.2) is 53.5 Å². The largest absolute Gasteiger partial charge is 0.426 e. The van der Waals surface area contributed by atoms with Gasteiger partial charge in [-0.2, -0.15) is 5.10 Å². The number of fused-ring (bicyclic) bond motifs is 2. The Morgan fingerprint density at radius 3 is 2.11 bits per heavy atom. The van der Waals surface area contributed by atoms with Crippen molar-refractivity contribution in [1.29, 1.82) is 0 Å². The lowest BCUT2D eigenvalue weighted by Crippen LogP contribution is -2.60. The molecule has 2 aromatic carbocycles. The van der Waals surface area contributed by atoms with E-state index in [9.17, 15) is 24.0 Å². The molecule has 5 amide bonds. The van der Waals surface area contributed by atoms with Gasteiger partial charge in [-0.15, -0.1) is 0 Å². The van der Waals surface area contributed by atoms with Crippen molar-refractivity contribution < 1.29 is 33.1 Å². The molecule has 5 heterocycles. The minimum atomic E-state index is -0.818. The van der Waals surface area contributed by atoms with Gasteiger partial charge in [-0.1, -0.05) is 76.6 Å². The van der Waals surface area contributed by atoms with Gasteiger partial charge in [0.15, 0.2) is 6.73 Å². The van der Waals surface area contributed by atoms with Gasteiger partial charge in [0.2, 0.25) is 12.6 Å². The molecule has 4 aromatic rings. The molecule has 1 unspecified atom stereocenters. The van der Waals surface area contributed by atoms with E-state index >= 15 is 0 Å². The first-order valence-electron chi connectivity index (χ1n) is 26.5. The Labute approximate surface area is 420 Å². The molecule has 7 rings (SSSR count). The summed E-state index contributed by atoms with van der Waals surface area (Å²) in [6.07, 6.45) is 13.3. The number of unbranched alkanes of at least 4 members (excludes halogenated alkanes) is 6. The summed E-state index contributed by atoms with van der Waals surface area (Å²) in [5.41, 5.74) is 4.10. The van der Waals surface area contributed by atoms with Crippen LogP contribution in [0.4, 0.5) is 14.4 Å². The number of aromatic amines is 1. The van der Waals surface area contributed by atoms with Crippen molar-refractivity contribution in [1.82, 2.24) is 44.6 Å². The number of piperazine rings is 1. The van der Waals surface area contributed by atoms with E-state index in [0.29, 0.717) is 69.4 Å². The lowest BCUT2D eigenvalue weighted by atomic mass is 9.89. The number of carbonyl (C=O) groups excluding carboxylic acids is 4. The molecular formula is C54H81N10O7+. The van der Waals surface area contributed by atoms with E-state index < -0.39 is 12.1 Å². The molecule has 0 bridgehead atoms. The van der Waals surface area contributed by atoms with Crippen LogP contribution in [0.25, 0.3) is 21.8 Å². The average molecular weight is 982 g/mol. The predicted molar refractivity (Wildman–Crippen MR) is 277 cm³/mol. The second kappa shape index (κ2) is 25.1. The summed E-state index contributed by atoms with van der Waals surface area (Å²) < 4.78 is 13.8. The molecule has 3 aliphatic rings. The van der Waals surface area contributed by atoms with Crippen molar-refractivity contribution in [2.75, 3.05) is 93.3 Å². The van der Waals surface area contributed by atoms with Crippen LogP contribution >= 0.6 is 0 Å². The number of ether oxygens (including phenoxy) is 2. The Balaban J connectivity index is 0.975. The van der Waals surface area contributed by atoms with Gasteiger partial charge in [0.1, 0.15) is 6.04 Å². The number of quaternary nitrogens is 1. The number of aromatic nitrogens is 3. The number of carbonyl (C=O) groups is 4. The summed E-state index contributed by atoms with van der Waals surface area (Å²) in [5.74, 6) is -0.0946. The first kappa shape index (κ1) is 53.1. The van der Waals surface area contributed by atoms with E-state index in [1.807, 2.05) is 61.3 Å². The van der Waals surface area contributed by atoms with Crippen LogP contribution in [0.5, 0.6) is 0 Å². The number of likely N-dealkylation sites (tertiary alicyclic amines) is 2. The minimum Gasteiger partial charge on any atom is -0.426 e. The molecule has 0 aliphatic carbocycles. The molecule has 3 aliphatic heterocycles. The Bertz CT molecular complexity index is 2470. The van der Waals surface area contributed by atoms with E-state index in [-0.39, 0.29) is 42.7 Å². The number of hydrogen-bond acceptors (Lipinski definition) is 9. The zero-order valence-corrected chi connectivity index (χ0v) is 43.5.